The van der Waals surface area contributed by atoms with Crippen molar-refractivity contribution in [1.29, 1.82) is 0 Å². The second kappa shape index (κ2) is 3.35. The molecule has 0 saturated heterocycles. The van der Waals surface area contributed by atoms with Gasteiger partial charge in [0.05, 0.1) is 11.2 Å². The van der Waals surface area contributed by atoms with Crippen LogP contribution in [0.3, 0.4) is 0 Å². The second-order valence-corrected chi connectivity index (χ2v) is 4.81. The maximum absolute atomic E-state index is 6.01. The van der Waals surface area contributed by atoms with Crippen molar-refractivity contribution in [2.24, 2.45) is 5.73 Å². The topological polar surface area (TPSA) is 35.2 Å². The van der Waals surface area contributed by atoms with Crippen LogP contribution in [0, 0.1) is 0 Å². The summed E-state index contributed by atoms with van der Waals surface area (Å²) in [6, 6.07) is 0. The minimum absolute atomic E-state index is 0.00174. The molecule has 0 unspecified atom stereocenters. The molecule has 12 heavy (non-hydrogen) atoms. The fraction of sp³-hybridized carbons (Fsp3) is 1.00. The van der Waals surface area contributed by atoms with Gasteiger partial charge >= 0.3 is 0 Å². The number of ether oxygens (including phenoxy) is 1. The molecule has 0 aromatic rings. The Balaban J connectivity index is 2.55. The average Bonchev–Trinajstić information content (AvgIpc) is 2.34. The molecule has 2 N–H and O–H groups in total. The van der Waals surface area contributed by atoms with Crippen LogP contribution in [0.5, 0.6) is 0 Å². The summed E-state index contributed by atoms with van der Waals surface area (Å²) in [7, 11) is 0. The Kier molecular flexibility index (Phi) is 2.79. The molecule has 2 heteroatoms. The second-order valence-electron chi connectivity index (χ2n) is 4.81. The average molecular weight is 171 g/mol. The molecule has 72 valence electrons. The first-order valence-electron chi connectivity index (χ1n) is 4.88. The van der Waals surface area contributed by atoms with E-state index in [1.54, 1.807) is 0 Å². The summed E-state index contributed by atoms with van der Waals surface area (Å²) in [5, 5.41) is 0. The molecule has 0 bridgehead atoms. The van der Waals surface area contributed by atoms with Crippen LogP contribution in [-0.4, -0.2) is 17.7 Å². The Morgan fingerprint density at radius 3 is 2.08 bits per heavy atom. The summed E-state index contributed by atoms with van der Waals surface area (Å²) >= 11 is 0. The van der Waals surface area contributed by atoms with Gasteiger partial charge in [-0.2, -0.15) is 0 Å². The van der Waals surface area contributed by atoms with Crippen molar-refractivity contribution in [3.63, 3.8) is 0 Å². The highest BCUT2D eigenvalue weighted by Gasteiger charge is 2.36. The Hall–Kier alpha value is -0.0800. The largest absolute Gasteiger partial charge is 0.368 e. The quantitative estimate of drug-likeness (QED) is 0.690. The van der Waals surface area contributed by atoms with Crippen molar-refractivity contribution in [1.82, 2.24) is 0 Å². The van der Waals surface area contributed by atoms with Crippen molar-refractivity contribution in [2.75, 3.05) is 6.54 Å². The maximum atomic E-state index is 6.01. The summed E-state index contributed by atoms with van der Waals surface area (Å²) in [5.41, 5.74) is 5.70. The van der Waals surface area contributed by atoms with Crippen molar-refractivity contribution in [3.8, 4) is 0 Å². The first-order chi connectivity index (χ1) is 5.47. The molecule has 0 aromatic carbocycles. The van der Waals surface area contributed by atoms with Crippen molar-refractivity contribution in [2.45, 2.75) is 57.7 Å². The van der Waals surface area contributed by atoms with Gasteiger partial charge in [0.1, 0.15) is 0 Å². The van der Waals surface area contributed by atoms with Crippen molar-refractivity contribution < 1.29 is 4.74 Å². The molecule has 0 atom stereocenters. The lowest BCUT2D eigenvalue weighted by molar-refractivity contribution is -0.123. The lowest BCUT2D eigenvalue weighted by atomic mass is 10.0. The minimum Gasteiger partial charge on any atom is -0.368 e. The summed E-state index contributed by atoms with van der Waals surface area (Å²) in [5.74, 6) is 0. The van der Waals surface area contributed by atoms with E-state index in [9.17, 15) is 0 Å². The number of nitrogens with two attached hydrogens (primary N) is 1. The molecule has 1 rings (SSSR count). The Labute approximate surface area is 75.5 Å². The van der Waals surface area contributed by atoms with Gasteiger partial charge in [-0.1, -0.05) is 12.8 Å². The summed E-state index contributed by atoms with van der Waals surface area (Å²) in [6.07, 6.45) is 4.82. The third-order valence-electron chi connectivity index (χ3n) is 2.41. The standard InChI is InChI=1S/C10H21NO/c1-9(2,3)12-10(8-11)6-4-5-7-10/h4-8,11H2,1-3H3. The van der Waals surface area contributed by atoms with Crippen molar-refractivity contribution in [3.05, 3.63) is 0 Å². The van der Waals surface area contributed by atoms with Gasteiger partial charge in [-0.25, -0.2) is 0 Å². The van der Waals surface area contributed by atoms with Gasteiger partial charge in [0.25, 0.3) is 0 Å². The highest BCUT2D eigenvalue weighted by molar-refractivity contribution is 4.89. The minimum atomic E-state index is -0.0519. The summed E-state index contributed by atoms with van der Waals surface area (Å²) in [4.78, 5) is 0. The third-order valence-corrected chi connectivity index (χ3v) is 2.41. The molecule has 1 saturated carbocycles. The Morgan fingerprint density at radius 1 is 1.25 bits per heavy atom. The monoisotopic (exact) mass is 171 g/mol. The van der Waals surface area contributed by atoms with E-state index >= 15 is 0 Å². The zero-order valence-electron chi connectivity index (χ0n) is 8.52. The van der Waals surface area contributed by atoms with Crippen LogP contribution in [0.1, 0.15) is 46.5 Å². The van der Waals surface area contributed by atoms with E-state index in [4.69, 9.17) is 10.5 Å². The molecule has 0 amide bonds. The molecule has 0 aromatic heterocycles. The Morgan fingerprint density at radius 2 is 1.75 bits per heavy atom. The number of rotatable bonds is 2. The van der Waals surface area contributed by atoms with Crippen LogP contribution >= 0.6 is 0 Å². The van der Waals surface area contributed by atoms with Crippen LogP contribution in [0.2, 0.25) is 0 Å². The first-order valence-corrected chi connectivity index (χ1v) is 4.88. The van der Waals surface area contributed by atoms with Gasteiger partial charge in [0.15, 0.2) is 0 Å². The summed E-state index contributed by atoms with van der Waals surface area (Å²) in [6.45, 7) is 6.97. The fourth-order valence-corrected chi connectivity index (χ4v) is 2.02. The zero-order valence-corrected chi connectivity index (χ0v) is 8.52. The molecule has 0 radical (unpaired) electrons. The van der Waals surface area contributed by atoms with Crippen LogP contribution in [-0.2, 0) is 4.74 Å². The third kappa shape index (κ3) is 2.46. The molecule has 0 spiro atoms. The van der Waals surface area contributed by atoms with Crippen LogP contribution in [0.4, 0.5) is 0 Å². The van der Waals surface area contributed by atoms with E-state index in [0.29, 0.717) is 6.54 Å². The lowest BCUT2D eigenvalue weighted by Crippen LogP contribution is -2.43. The van der Waals surface area contributed by atoms with Crippen LogP contribution in [0.15, 0.2) is 0 Å². The molecular formula is C10H21NO. The Bertz CT molecular complexity index is 142. The highest BCUT2D eigenvalue weighted by atomic mass is 16.5. The van der Waals surface area contributed by atoms with E-state index in [-0.39, 0.29) is 11.2 Å². The van der Waals surface area contributed by atoms with E-state index in [0.717, 1.165) is 12.8 Å². The van der Waals surface area contributed by atoms with Crippen LogP contribution in [0.25, 0.3) is 0 Å². The van der Waals surface area contributed by atoms with Gasteiger partial charge in [-0.15, -0.1) is 0 Å². The van der Waals surface area contributed by atoms with Gasteiger partial charge < -0.3 is 10.5 Å². The first kappa shape index (κ1) is 10.0. The maximum Gasteiger partial charge on any atom is 0.0811 e. The predicted molar refractivity (Wildman–Crippen MR) is 51.1 cm³/mol. The highest BCUT2D eigenvalue weighted by Crippen LogP contribution is 2.35. The lowest BCUT2D eigenvalue weighted by Gasteiger charge is -2.35. The van der Waals surface area contributed by atoms with E-state index < -0.39 is 0 Å². The SMILES string of the molecule is CC(C)(C)OC1(CN)CCCC1. The van der Waals surface area contributed by atoms with Gasteiger partial charge in [0, 0.05) is 6.54 Å². The molecule has 2 nitrogen and oxygen atoms in total. The molecule has 0 heterocycles. The molecule has 1 aliphatic carbocycles. The normalized spacial score (nSPS) is 23.0. The van der Waals surface area contributed by atoms with Gasteiger partial charge in [-0.3, -0.25) is 0 Å². The number of hydrogen-bond donors (Lipinski definition) is 1. The zero-order chi connectivity index (χ0) is 9.24. The van der Waals surface area contributed by atoms with Gasteiger partial charge in [0.2, 0.25) is 0 Å². The fourth-order valence-electron chi connectivity index (χ4n) is 2.02. The molecule has 1 aliphatic rings. The van der Waals surface area contributed by atoms with E-state index in [1.807, 2.05) is 0 Å². The molecule has 0 aliphatic heterocycles. The van der Waals surface area contributed by atoms with E-state index in [1.165, 1.54) is 12.8 Å². The number of hydrogen-bond acceptors (Lipinski definition) is 2. The molecule has 1 fully saturated rings. The van der Waals surface area contributed by atoms with Crippen molar-refractivity contribution >= 4 is 0 Å². The predicted octanol–water partition coefficient (Wildman–Crippen LogP) is 2.07. The molecular weight excluding hydrogens is 150 g/mol. The van der Waals surface area contributed by atoms with E-state index in [2.05, 4.69) is 20.8 Å². The smallest absolute Gasteiger partial charge is 0.0811 e. The van der Waals surface area contributed by atoms with Gasteiger partial charge in [-0.05, 0) is 33.6 Å². The van der Waals surface area contributed by atoms with Crippen LogP contribution < -0.4 is 5.73 Å². The summed E-state index contributed by atoms with van der Waals surface area (Å²) < 4.78 is 6.01.